The molecule has 0 unspecified atom stereocenters. The van der Waals surface area contributed by atoms with Crippen LogP contribution in [-0.2, 0) is 4.79 Å². The van der Waals surface area contributed by atoms with Crippen molar-refractivity contribution in [3.8, 4) is 0 Å². The summed E-state index contributed by atoms with van der Waals surface area (Å²) in [5, 5.41) is 8.34. The number of carboxylic acids is 1. The van der Waals surface area contributed by atoms with E-state index in [4.69, 9.17) is 5.11 Å². The van der Waals surface area contributed by atoms with Crippen LogP contribution in [0, 0.1) is 5.92 Å². The van der Waals surface area contributed by atoms with Crippen LogP contribution in [0.4, 0.5) is 4.39 Å². The van der Waals surface area contributed by atoms with Gasteiger partial charge in [0.25, 0.3) is 0 Å². The number of carboxylic acid groups (broad SMARTS) is 1. The predicted octanol–water partition coefficient (Wildman–Crippen LogP) is 2.16. The molecule has 0 spiro atoms. The van der Waals surface area contributed by atoms with Crippen molar-refractivity contribution in [2.75, 3.05) is 0 Å². The number of aliphatic carboxylic acids is 1. The molecule has 1 rings (SSSR count). The third-order valence-electron chi connectivity index (χ3n) is 2.21. The Morgan fingerprint density at radius 3 is 2.42 bits per heavy atom. The van der Waals surface area contributed by atoms with Crippen molar-refractivity contribution in [1.82, 2.24) is 0 Å². The molecule has 1 fully saturated rings. The van der Waals surface area contributed by atoms with Gasteiger partial charge in [-0.25, -0.2) is 9.18 Å². The zero-order chi connectivity index (χ0) is 8.97. The van der Waals surface area contributed by atoms with E-state index in [0.29, 0.717) is 12.8 Å². The molecule has 3 heteroatoms. The van der Waals surface area contributed by atoms with E-state index in [1.807, 2.05) is 0 Å². The molecule has 0 amide bonds. The monoisotopic (exact) mass is 172 g/mol. The molecule has 0 heterocycles. The van der Waals surface area contributed by atoms with Crippen molar-refractivity contribution in [2.24, 2.45) is 5.92 Å². The Balaban J connectivity index is 2.30. The van der Waals surface area contributed by atoms with Gasteiger partial charge in [-0.05, 0) is 31.6 Å². The van der Waals surface area contributed by atoms with Gasteiger partial charge in [-0.1, -0.05) is 6.08 Å². The predicted molar refractivity (Wildman–Crippen MR) is 43.6 cm³/mol. The second-order valence-corrected chi connectivity index (χ2v) is 3.21. The number of carbonyl (C=O) groups is 1. The fraction of sp³-hybridized carbons (Fsp3) is 0.667. The summed E-state index contributed by atoms with van der Waals surface area (Å²) in [6, 6.07) is 0. The van der Waals surface area contributed by atoms with E-state index in [2.05, 4.69) is 0 Å². The Bertz CT molecular complexity index is 181. The van der Waals surface area contributed by atoms with Crippen LogP contribution in [0.25, 0.3) is 0 Å². The van der Waals surface area contributed by atoms with Gasteiger partial charge >= 0.3 is 5.97 Å². The minimum atomic E-state index is -0.919. The summed E-state index contributed by atoms with van der Waals surface area (Å²) in [6.07, 6.45) is 4.89. The first kappa shape index (κ1) is 9.23. The summed E-state index contributed by atoms with van der Waals surface area (Å²) in [4.78, 5) is 10.1. The number of hydrogen-bond acceptors (Lipinski definition) is 1. The molecule has 12 heavy (non-hydrogen) atoms. The van der Waals surface area contributed by atoms with E-state index in [0.717, 1.165) is 18.9 Å². The molecule has 1 saturated carbocycles. The Morgan fingerprint density at radius 2 is 1.92 bits per heavy atom. The Labute approximate surface area is 71.1 Å². The second kappa shape index (κ2) is 4.24. The van der Waals surface area contributed by atoms with Gasteiger partial charge in [0.2, 0.25) is 0 Å². The lowest BCUT2D eigenvalue weighted by Crippen LogP contribution is -2.13. The average Bonchev–Trinajstić information content (AvgIpc) is 2.03. The van der Waals surface area contributed by atoms with Crippen LogP contribution in [-0.4, -0.2) is 17.2 Å². The zero-order valence-electron chi connectivity index (χ0n) is 6.87. The molecular formula is C9H13FO2. The van der Waals surface area contributed by atoms with Crippen molar-refractivity contribution < 1.29 is 14.3 Å². The molecule has 68 valence electrons. The summed E-state index contributed by atoms with van der Waals surface area (Å²) < 4.78 is 12.6. The molecule has 0 radical (unpaired) electrons. The summed E-state index contributed by atoms with van der Waals surface area (Å²) in [7, 11) is 0. The smallest absolute Gasteiger partial charge is 0.327 e. The third-order valence-corrected chi connectivity index (χ3v) is 2.21. The van der Waals surface area contributed by atoms with Gasteiger partial charge in [0.05, 0.1) is 0 Å². The van der Waals surface area contributed by atoms with Crippen LogP contribution in [0.5, 0.6) is 0 Å². The lowest BCUT2D eigenvalue weighted by atomic mass is 9.88. The maximum Gasteiger partial charge on any atom is 0.327 e. The van der Waals surface area contributed by atoms with Crippen molar-refractivity contribution >= 4 is 5.97 Å². The van der Waals surface area contributed by atoms with Gasteiger partial charge in [0, 0.05) is 6.08 Å². The lowest BCUT2D eigenvalue weighted by molar-refractivity contribution is -0.131. The maximum absolute atomic E-state index is 12.6. The zero-order valence-corrected chi connectivity index (χ0v) is 6.87. The number of hydrogen-bond donors (Lipinski definition) is 1. The standard InChI is InChI=1S/C9H13FO2/c10-8-4-1-7(2-5-8)3-6-9(11)12/h3,6-8H,1-2,4-5H2,(H,11,12). The van der Waals surface area contributed by atoms with Crippen molar-refractivity contribution in [3.63, 3.8) is 0 Å². The summed E-state index contributed by atoms with van der Waals surface area (Å²) in [5.74, 6) is -0.648. The Hall–Kier alpha value is -0.860. The summed E-state index contributed by atoms with van der Waals surface area (Å²) in [6.45, 7) is 0. The van der Waals surface area contributed by atoms with Gasteiger partial charge in [-0.3, -0.25) is 0 Å². The highest BCUT2D eigenvalue weighted by molar-refractivity contribution is 5.79. The van der Waals surface area contributed by atoms with Crippen LogP contribution in [0.2, 0.25) is 0 Å². The Kier molecular flexibility index (Phi) is 3.26. The number of alkyl halides is 1. The minimum Gasteiger partial charge on any atom is -0.478 e. The van der Waals surface area contributed by atoms with E-state index < -0.39 is 12.1 Å². The summed E-state index contributed by atoms with van der Waals surface area (Å²) >= 11 is 0. The van der Waals surface area contributed by atoms with Crippen molar-refractivity contribution in [1.29, 1.82) is 0 Å². The molecule has 0 aromatic heterocycles. The highest BCUT2D eigenvalue weighted by atomic mass is 19.1. The van der Waals surface area contributed by atoms with Crippen molar-refractivity contribution in [3.05, 3.63) is 12.2 Å². The highest BCUT2D eigenvalue weighted by Crippen LogP contribution is 2.26. The van der Waals surface area contributed by atoms with Crippen LogP contribution < -0.4 is 0 Å². The molecule has 1 aliphatic carbocycles. The third kappa shape index (κ3) is 3.03. The minimum absolute atomic E-state index is 0.271. The molecule has 0 bridgehead atoms. The topological polar surface area (TPSA) is 37.3 Å². The highest BCUT2D eigenvalue weighted by Gasteiger charge is 2.18. The molecular weight excluding hydrogens is 159 g/mol. The van der Waals surface area contributed by atoms with Gasteiger partial charge in [-0.2, -0.15) is 0 Å². The molecule has 1 aliphatic rings. The number of rotatable bonds is 2. The molecule has 1 N–H and O–H groups in total. The number of halogens is 1. The number of allylic oxidation sites excluding steroid dienone is 1. The largest absolute Gasteiger partial charge is 0.478 e. The molecule has 0 atom stereocenters. The van der Waals surface area contributed by atoms with Crippen molar-refractivity contribution in [2.45, 2.75) is 31.9 Å². The van der Waals surface area contributed by atoms with Gasteiger partial charge in [0.15, 0.2) is 0 Å². The summed E-state index contributed by atoms with van der Waals surface area (Å²) in [5.41, 5.74) is 0. The first-order chi connectivity index (χ1) is 5.68. The van der Waals surface area contributed by atoms with Gasteiger partial charge in [0.1, 0.15) is 6.17 Å². The molecule has 0 aromatic carbocycles. The first-order valence-corrected chi connectivity index (χ1v) is 4.23. The van der Waals surface area contributed by atoms with Crippen LogP contribution in [0.3, 0.4) is 0 Å². The van der Waals surface area contributed by atoms with E-state index in [9.17, 15) is 9.18 Å². The van der Waals surface area contributed by atoms with Crippen LogP contribution in [0.15, 0.2) is 12.2 Å². The van der Waals surface area contributed by atoms with E-state index in [1.54, 1.807) is 6.08 Å². The van der Waals surface area contributed by atoms with Gasteiger partial charge in [-0.15, -0.1) is 0 Å². The van der Waals surface area contributed by atoms with E-state index in [-0.39, 0.29) is 5.92 Å². The van der Waals surface area contributed by atoms with Crippen LogP contribution in [0.1, 0.15) is 25.7 Å². The SMILES string of the molecule is O=C(O)C=CC1CCC(F)CC1. The first-order valence-electron chi connectivity index (χ1n) is 4.23. The lowest BCUT2D eigenvalue weighted by Gasteiger charge is -2.20. The fourth-order valence-corrected chi connectivity index (χ4v) is 1.49. The molecule has 0 saturated heterocycles. The van der Waals surface area contributed by atoms with Crippen LogP contribution >= 0.6 is 0 Å². The normalized spacial score (nSPS) is 30.8. The molecule has 0 aliphatic heterocycles. The quantitative estimate of drug-likeness (QED) is 0.648. The molecule has 2 nitrogen and oxygen atoms in total. The van der Waals surface area contributed by atoms with E-state index in [1.165, 1.54) is 0 Å². The van der Waals surface area contributed by atoms with E-state index >= 15 is 0 Å². The molecule has 0 aromatic rings. The Morgan fingerprint density at radius 1 is 1.33 bits per heavy atom. The van der Waals surface area contributed by atoms with Gasteiger partial charge < -0.3 is 5.11 Å². The average molecular weight is 172 g/mol. The second-order valence-electron chi connectivity index (χ2n) is 3.21. The maximum atomic E-state index is 12.6. The fourth-order valence-electron chi connectivity index (χ4n) is 1.49.